The van der Waals surface area contributed by atoms with Crippen molar-refractivity contribution in [1.29, 1.82) is 0 Å². The zero-order valence-electron chi connectivity index (χ0n) is 16.8. The minimum absolute atomic E-state index is 0.0226. The molecule has 0 radical (unpaired) electrons. The van der Waals surface area contributed by atoms with Crippen molar-refractivity contribution in [3.63, 3.8) is 0 Å². The van der Waals surface area contributed by atoms with Crippen LogP contribution >= 0.6 is 0 Å². The van der Waals surface area contributed by atoms with Crippen molar-refractivity contribution in [2.45, 2.75) is 26.4 Å². The Morgan fingerprint density at radius 2 is 1.84 bits per heavy atom. The summed E-state index contributed by atoms with van der Waals surface area (Å²) in [6, 6.07) is 11.9. The number of nitrogens with one attached hydrogen (secondary N) is 1. The van der Waals surface area contributed by atoms with E-state index in [2.05, 4.69) is 15.2 Å². The van der Waals surface area contributed by atoms with Crippen LogP contribution in [-0.2, 0) is 12.6 Å². The molecule has 0 unspecified atom stereocenters. The SMILES string of the molecule is Cc1ccc(CC(=O)c2cccc(C(F)(F)F)c2)cc1-c1cc(C)c2c(N)[nH]nc2n1. The second kappa shape index (κ2) is 7.54. The van der Waals surface area contributed by atoms with Crippen LogP contribution in [0, 0.1) is 13.8 Å². The van der Waals surface area contributed by atoms with Crippen LogP contribution in [0.2, 0.25) is 0 Å². The molecule has 31 heavy (non-hydrogen) atoms. The molecular weight excluding hydrogens is 405 g/mol. The zero-order chi connectivity index (χ0) is 22.3. The summed E-state index contributed by atoms with van der Waals surface area (Å²) in [5.41, 5.74) is 9.64. The Bertz CT molecular complexity index is 1310. The number of aromatic nitrogens is 3. The number of anilines is 1. The van der Waals surface area contributed by atoms with Crippen LogP contribution in [0.1, 0.15) is 32.6 Å². The average Bonchev–Trinajstić information content (AvgIpc) is 3.10. The first kappa shape index (κ1) is 20.6. The Kier molecular flexibility index (Phi) is 5.00. The number of pyridine rings is 1. The van der Waals surface area contributed by atoms with E-state index in [4.69, 9.17) is 5.73 Å². The molecule has 0 saturated heterocycles. The highest BCUT2D eigenvalue weighted by molar-refractivity contribution is 5.98. The van der Waals surface area contributed by atoms with Crippen molar-refractivity contribution in [3.8, 4) is 11.3 Å². The monoisotopic (exact) mass is 424 g/mol. The van der Waals surface area contributed by atoms with Crippen LogP contribution in [0.4, 0.5) is 19.0 Å². The lowest BCUT2D eigenvalue weighted by Gasteiger charge is -2.11. The van der Waals surface area contributed by atoms with E-state index in [1.165, 1.54) is 12.1 Å². The Morgan fingerprint density at radius 3 is 2.58 bits per heavy atom. The fourth-order valence-electron chi connectivity index (χ4n) is 3.59. The molecule has 2 heterocycles. The number of ketones is 1. The summed E-state index contributed by atoms with van der Waals surface area (Å²) in [5, 5.41) is 7.61. The number of benzene rings is 2. The van der Waals surface area contributed by atoms with Gasteiger partial charge < -0.3 is 5.73 Å². The predicted molar refractivity (Wildman–Crippen MR) is 113 cm³/mol. The molecule has 0 bridgehead atoms. The highest BCUT2D eigenvalue weighted by Gasteiger charge is 2.30. The number of nitrogens with two attached hydrogens (primary N) is 1. The van der Waals surface area contributed by atoms with Gasteiger partial charge in [0.15, 0.2) is 11.4 Å². The fraction of sp³-hybridized carbons (Fsp3) is 0.174. The van der Waals surface area contributed by atoms with E-state index in [-0.39, 0.29) is 17.8 Å². The average molecular weight is 424 g/mol. The molecule has 8 heteroatoms. The maximum absolute atomic E-state index is 13.0. The first-order valence-electron chi connectivity index (χ1n) is 9.55. The number of carbonyl (C=O) groups is 1. The fourth-order valence-corrected chi connectivity index (χ4v) is 3.59. The summed E-state index contributed by atoms with van der Waals surface area (Å²) < 4.78 is 38.9. The van der Waals surface area contributed by atoms with Crippen molar-refractivity contribution < 1.29 is 18.0 Å². The molecule has 0 spiro atoms. The third kappa shape index (κ3) is 4.01. The van der Waals surface area contributed by atoms with Gasteiger partial charge in [-0.2, -0.15) is 18.3 Å². The zero-order valence-corrected chi connectivity index (χ0v) is 16.8. The molecule has 0 amide bonds. The molecule has 0 aliphatic rings. The normalized spacial score (nSPS) is 11.8. The summed E-state index contributed by atoms with van der Waals surface area (Å²) >= 11 is 0. The number of H-pyrrole nitrogens is 1. The second-order valence-electron chi connectivity index (χ2n) is 7.49. The van der Waals surface area contributed by atoms with Gasteiger partial charge in [-0.3, -0.25) is 9.89 Å². The van der Waals surface area contributed by atoms with Crippen LogP contribution < -0.4 is 5.73 Å². The lowest BCUT2D eigenvalue weighted by atomic mass is 9.96. The molecule has 0 aliphatic carbocycles. The van der Waals surface area contributed by atoms with Crippen molar-refractivity contribution in [2.24, 2.45) is 0 Å². The van der Waals surface area contributed by atoms with Crippen molar-refractivity contribution in [1.82, 2.24) is 15.2 Å². The largest absolute Gasteiger partial charge is 0.416 e. The predicted octanol–water partition coefficient (Wildman–Crippen LogP) is 5.27. The molecule has 0 atom stereocenters. The van der Waals surface area contributed by atoms with E-state index in [1.807, 2.05) is 32.0 Å². The highest BCUT2D eigenvalue weighted by atomic mass is 19.4. The smallest absolute Gasteiger partial charge is 0.384 e. The summed E-state index contributed by atoms with van der Waals surface area (Å²) in [5.74, 6) is 0.0595. The Balaban J connectivity index is 1.67. The van der Waals surface area contributed by atoms with Gasteiger partial charge in [-0.1, -0.05) is 24.3 Å². The first-order chi connectivity index (χ1) is 14.6. The number of hydrogen-bond acceptors (Lipinski definition) is 4. The number of aryl methyl sites for hydroxylation is 2. The van der Waals surface area contributed by atoms with E-state index in [0.717, 1.165) is 34.2 Å². The molecule has 4 rings (SSSR count). The highest BCUT2D eigenvalue weighted by Crippen LogP contribution is 2.31. The van der Waals surface area contributed by atoms with Gasteiger partial charge in [-0.15, -0.1) is 0 Å². The molecule has 0 aliphatic heterocycles. The van der Waals surface area contributed by atoms with Gasteiger partial charge in [0.2, 0.25) is 0 Å². The molecule has 2 aromatic heterocycles. The summed E-state index contributed by atoms with van der Waals surface area (Å²) in [4.78, 5) is 17.2. The molecule has 158 valence electrons. The van der Waals surface area contributed by atoms with Crippen molar-refractivity contribution in [3.05, 3.63) is 76.3 Å². The Hall–Kier alpha value is -3.68. The number of halogens is 3. The first-order valence-corrected chi connectivity index (χ1v) is 9.55. The summed E-state index contributed by atoms with van der Waals surface area (Å²) in [6.45, 7) is 3.84. The minimum atomic E-state index is -4.49. The second-order valence-corrected chi connectivity index (χ2v) is 7.49. The number of carbonyl (C=O) groups excluding carboxylic acids is 1. The van der Waals surface area contributed by atoms with E-state index >= 15 is 0 Å². The summed E-state index contributed by atoms with van der Waals surface area (Å²) in [6.07, 6.45) is -4.52. The van der Waals surface area contributed by atoms with E-state index in [0.29, 0.717) is 22.7 Å². The number of hydrogen-bond donors (Lipinski definition) is 2. The summed E-state index contributed by atoms with van der Waals surface area (Å²) in [7, 11) is 0. The molecule has 5 nitrogen and oxygen atoms in total. The molecule has 0 fully saturated rings. The molecule has 4 aromatic rings. The molecule has 2 aromatic carbocycles. The number of nitrogen functional groups attached to an aromatic ring is 1. The standard InChI is InChI=1S/C23H19F3N4O/c1-12-6-7-14(10-19(31)15-4-3-5-16(11-15)23(24,25)26)9-17(12)18-8-13(2)20-21(27)29-30-22(20)28-18/h3-9,11H,10H2,1-2H3,(H3,27,28,29,30). The number of aromatic amines is 1. The topological polar surface area (TPSA) is 84.7 Å². The van der Waals surface area contributed by atoms with Gasteiger partial charge >= 0.3 is 6.18 Å². The van der Waals surface area contributed by atoms with E-state index < -0.39 is 11.7 Å². The third-order valence-electron chi connectivity index (χ3n) is 5.20. The van der Waals surface area contributed by atoms with Crippen molar-refractivity contribution >= 4 is 22.6 Å². The lowest BCUT2D eigenvalue weighted by Crippen LogP contribution is -2.09. The Morgan fingerprint density at radius 1 is 1.06 bits per heavy atom. The van der Waals surface area contributed by atoms with Crippen LogP contribution in [0.3, 0.4) is 0 Å². The van der Waals surface area contributed by atoms with Crippen LogP contribution in [0.25, 0.3) is 22.3 Å². The van der Waals surface area contributed by atoms with Gasteiger partial charge in [0.1, 0.15) is 5.82 Å². The third-order valence-corrected chi connectivity index (χ3v) is 5.20. The Labute approximate surface area is 176 Å². The number of rotatable bonds is 4. The minimum Gasteiger partial charge on any atom is -0.384 e. The van der Waals surface area contributed by atoms with Gasteiger partial charge in [-0.05, 0) is 54.8 Å². The van der Waals surface area contributed by atoms with Crippen LogP contribution in [0.15, 0.2) is 48.5 Å². The molecular formula is C23H19F3N4O. The number of Topliss-reactive ketones (excluding diaryl/α,β-unsaturated/α-hetero) is 1. The van der Waals surface area contributed by atoms with Gasteiger partial charge in [0, 0.05) is 17.5 Å². The number of fused-ring (bicyclic) bond motifs is 1. The maximum atomic E-state index is 13.0. The lowest BCUT2D eigenvalue weighted by molar-refractivity contribution is -0.137. The van der Waals surface area contributed by atoms with Crippen LogP contribution in [0.5, 0.6) is 0 Å². The van der Waals surface area contributed by atoms with E-state index in [1.54, 1.807) is 6.07 Å². The van der Waals surface area contributed by atoms with Gasteiger partial charge in [-0.25, -0.2) is 4.98 Å². The van der Waals surface area contributed by atoms with E-state index in [9.17, 15) is 18.0 Å². The number of nitrogens with zero attached hydrogens (tertiary/aromatic N) is 2. The van der Waals surface area contributed by atoms with Crippen LogP contribution in [-0.4, -0.2) is 21.0 Å². The molecule has 3 N–H and O–H groups in total. The number of alkyl halides is 3. The molecule has 0 saturated carbocycles. The van der Waals surface area contributed by atoms with Gasteiger partial charge in [0.05, 0.1) is 16.6 Å². The van der Waals surface area contributed by atoms with Gasteiger partial charge in [0.25, 0.3) is 0 Å². The van der Waals surface area contributed by atoms with Crippen molar-refractivity contribution in [2.75, 3.05) is 5.73 Å². The quantitative estimate of drug-likeness (QED) is 0.437. The maximum Gasteiger partial charge on any atom is 0.416 e.